The lowest BCUT2D eigenvalue weighted by Crippen LogP contribution is -2.21. The first-order chi connectivity index (χ1) is 7.75. The number of hydrogen-bond acceptors (Lipinski definition) is 2. The summed E-state index contributed by atoms with van der Waals surface area (Å²) in [6.45, 7) is 0.578. The van der Waals surface area contributed by atoms with Gasteiger partial charge in [-0.05, 0) is 40.3 Å². The lowest BCUT2D eigenvalue weighted by atomic mass is 10.2. The van der Waals surface area contributed by atoms with Gasteiger partial charge in [0.15, 0.2) is 0 Å². The van der Waals surface area contributed by atoms with Gasteiger partial charge in [-0.15, -0.1) is 11.3 Å². The van der Waals surface area contributed by atoms with E-state index in [-0.39, 0.29) is 5.91 Å². The number of nitrogens with one attached hydrogen (secondary N) is 1. The van der Waals surface area contributed by atoms with Crippen LogP contribution in [0.2, 0.25) is 0 Å². The lowest BCUT2D eigenvalue weighted by molar-refractivity contribution is 0.0955. The molecule has 2 rings (SSSR count). The second kappa shape index (κ2) is 5.45. The lowest BCUT2D eigenvalue weighted by Gasteiger charge is -2.02. The van der Waals surface area contributed by atoms with Crippen molar-refractivity contribution in [3.8, 4) is 0 Å². The third-order valence-corrected chi connectivity index (χ3v) is 3.99. The van der Waals surface area contributed by atoms with Gasteiger partial charge in [0.1, 0.15) is 0 Å². The summed E-state index contributed by atoms with van der Waals surface area (Å²) >= 11 is 3.72. The van der Waals surface area contributed by atoms with E-state index in [0.717, 1.165) is 13.3 Å². The molecule has 0 saturated carbocycles. The number of halogens is 1. The molecule has 4 heteroatoms. The minimum absolute atomic E-state index is 0.00299. The summed E-state index contributed by atoms with van der Waals surface area (Å²) in [6, 6.07) is 13.7. The third-order valence-electron chi connectivity index (χ3n) is 2.09. The average Bonchev–Trinajstić information content (AvgIpc) is 2.74. The van der Waals surface area contributed by atoms with Crippen LogP contribution in [0.1, 0.15) is 15.2 Å². The maximum atomic E-state index is 11.7. The van der Waals surface area contributed by atoms with Crippen molar-refractivity contribution in [2.24, 2.45) is 0 Å². The molecule has 1 aromatic heterocycles. The first-order valence-electron chi connectivity index (χ1n) is 4.83. The maximum Gasteiger partial charge on any atom is 0.261 e. The Bertz CT molecular complexity index is 481. The largest absolute Gasteiger partial charge is 0.347 e. The molecule has 0 aliphatic carbocycles. The van der Waals surface area contributed by atoms with Crippen LogP contribution >= 0.6 is 33.9 Å². The van der Waals surface area contributed by atoms with E-state index < -0.39 is 0 Å². The summed E-state index contributed by atoms with van der Waals surface area (Å²) in [7, 11) is 0. The number of benzene rings is 1. The van der Waals surface area contributed by atoms with Crippen LogP contribution in [-0.4, -0.2) is 5.91 Å². The quantitative estimate of drug-likeness (QED) is 0.852. The Hall–Kier alpha value is -0.880. The Kier molecular flexibility index (Phi) is 3.95. The molecule has 1 aromatic carbocycles. The standard InChI is InChI=1S/C12H10INOS/c13-11-7-6-10(16-11)12(15)14-8-9-4-2-1-3-5-9/h1-7H,8H2,(H,14,15). The molecule has 2 nitrogen and oxygen atoms in total. The molecule has 0 bridgehead atoms. The van der Waals surface area contributed by atoms with Crippen LogP contribution in [0, 0.1) is 2.88 Å². The van der Waals surface area contributed by atoms with Crippen LogP contribution in [-0.2, 0) is 6.54 Å². The fourth-order valence-electron chi connectivity index (χ4n) is 1.30. The summed E-state index contributed by atoms with van der Waals surface area (Å²) in [5.41, 5.74) is 1.11. The molecule has 0 spiro atoms. The van der Waals surface area contributed by atoms with Crippen molar-refractivity contribution in [1.29, 1.82) is 0 Å². The van der Waals surface area contributed by atoms with E-state index in [2.05, 4.69) is 27.9 Å². The second-order valence-electron chi connectivity index (χ2n) is 3.27. The summed E-state index contributed by atoms with van der Waals surface area (Å²) in [5.74, 6) is -0.00299. The number of carbonyl (C=O) groups is 1. The number of carbonyl (C=O) groups excluding carboxylic acids is 1. The minimum atomic E-state index is -0.00299. The topological polar surface area (TPSA) is 29.1 Å². The van der Waals surface area contributed by atoms with E-state index in [1.807, 2.05) is 42.5 Å². The van der Waals surface area contributed by atoms with Gasteiger partial charge in [0.2, 0.25) is 0 Å². The fraction of sp³-hybridized carbons (Fsp3) is 0.0833. The predicted octanol–water partition coefficient (Wildman–Crippen LogP) is 3.28. The Morgan fingerprint density at radius 1 is 1.19 bits per heavy atom. The van der Waals surface area contributed by atoms with Crippen LogP contribution in [0.4, 0.5) is 0 Å². The zero-order valence-electron chi connectivity index (χ0n) is 8.44. The molecule has 0 atom stereocenters. The highest BCUT2D eigenvalue weighted by atomic mass is 127. The minimum Gasteiger partial charge on any atom is -0.347 e. The van der Waals surface area contributed by atoms with Crippen molar-refractivity contribution in [3.63, 3.8) is 0 Å². The highest BCUT2D eigenvalue weighted by Gasteiger charge is 2.07. The van der Waals surface area contributed by atoms with Crippen molar-refractivity contribution in [3.05, 3.63) is 55.8 Å². The molecule has 2 aromatic rings. The number of hydrogen-bond donors (Lipinski definition) is 1. The molecule has 0 aliphatic rings. The van der Waals surface area contributed by atoms with Gasteiger partial charge in [0, 0.05) is 6.54 Å². The molecule has 0 fully saturated rings. The molecule has 1 heterocycles. The smallest absolute Gasteiger partial charge is 0.261 e. The molecular formula is C12H10INOS. The van der Waals surface area contributed by atoms with Crippen molar-refractivity contribution in [2.45, 2.75) is 6.54 Å². The normalized spacial score (nSPS) is 10.1. The van der Waals surface area contributed by atoms with Crippen LogP contribution in [0.5, 0.6) is 0 Å². The van der Waals surface area contributed by atoms with Gasteiger partial charge in [-0.1, -0.05) is 30.3 Å². The Labute approximate surface area is 112 Å². The van der Waals surface area contributed by atoms with E-state index in [9.17, 15) is 4.79 Å². The van der Waals surface area contributed by atoms with Gasteiger partial charge in [-0.3, -0.25) is 4.79 Å². The van der Waals surface area contributed by atoms with Crippen molar-refractivity contribution < 1.29 is 4.79 Å². The Balaban J connectivity index is 1.94. The van der Waals surface area contributed by atoms with Gasteiger partial charge in [0.25, 0.3) is 5.91 Å². The van der Waals surface area contributed by atoms with E-state index in [0.29, 0.717) is 6.54 Å². The fourth-order valence-corrected chi connectivity index (χ4v) is 2.84. The number of amides is 1. The van der Waals surface area contributed by atoms with E-state index in [1.54, 1.807) is 0 Å². The molecule has 0 unspecified atom stereocenters. The van der Waals surface area contributed by atoms with Crippen LogP contribution < -0.4 is 5.32 Å². The first kappa shape index (κ1) is 11.6. The van der Waals surface area contributed by atoms with Crippen LogP contribution in [0.3, 0.4) is 0 Å². The Morgan fingerprint density at radius 3 is 2.56 bits per heavy atom. The first-order valence-corrected chi connectivity index (χ1v) is 6.73. The average molecular weight is 343 g/mol. The summed E-state index contributed by atoms with van der Waals surface area (Å²) in [4.78, 5) is 12.5. The highest BCUT2D eigenvalue weighted by molar-refractivity contribution is 14.1. The SMILES string of the molecule is O=C(NCc1ccccc1)c1ccc(I)s1. The van der Waals surface area contributed by atoms with Gasteiger partial charge >= 0.3 is 0 Å². The molecule has 0 aliphatic heterocycles. The highest BCUT2D eigenvalue weighted by Crippen LogP contribution is 2.17. The molecule has 16 heavy (non-hydrogen) atoms. The molecule has 1 N–H and O–H groups in total. The van der Waals surface area contributed by atoms with Gasteiger partial charge in [0.05, 0.1) is 7.76 Å². The molecule has 0 saturated heterocycles. The van der Waals surface area contributed by atoms with Crippen molar-refractivity contribution in [2.75, 3.05) is 0 Å². The maximum absolute atomic E-state index is 11.7. The summed E-state index contributed by atoms with van der Waals surface area (Å²) in [6.07, 6.45) is 0. The summed E-state index contributed by atoms with van der Waals surface area (Å²) in [5, 5.41) is 2.90. The summed E-state index contributed by atoms with van der Waals surface area (Å²) < 4.78 is 1.13. The van der Waals surface area contributed by atoms with Gasteiger partial charge in [-0.25, -0.2) is 0 Å². The third kappa shape index (κ3) is 3.05. The second-order valence-corrected chi connectivity index (χ2v) is 6.25. The van der Waals surface area contributed by atoms with Crippen LogP contribution in [0.15, 0.2) is 42.5 Å². The number of thiophene rings is 1. The van der Waals surface area contributed by atoms with Gasteiger partial charge in [-0.2, -0.15) is 0 Å². The van der Waals surface area contributed by atoms with Crippen LogP contribution in [0.25, 0.3) is 0 Å². The molecule has 0 radical (unpaired) electrons. The monoisotopic (exact) mass is 343 g/mol. The van der Waals surface area contributed by atoms with E-state index >= 15 is 0 Å². The van der Waals surface area contributed by atoms with Crippen molar-refractivity contribution >= 4 is 39.8 Å². The Morgan fingerprint density at radius 2 is 1.94 bits per heavy atom. The van der Waals surface area contributed by atoms with Crippen molar-refractivity contribution in [1.82, 2.24) is 5.32 Å². The van der Waals surface area contributed by atoms with E-state index in [4.69, 9.17) is 0 Å². The van der Waals surface area contributed by atoms with E-state index in [1.165, 1.54) is 11.3 Å². The number of rotatable bonds is 3. The zero-order chi connectivity index (χ0) is 11.4. The zero-order valence-corrected chi connectivity index (χ0v) is 11.4. The molecule has 82 valence electrons. The molecular weight excluding hydrogens is 333 g/mol. The predicted molar refractivity (Wildman–Crippen MR) is 74.6 cm³/mol. The molecule has 1 amide bonds. The van der Waals surface area contributed by atoms with Gasteiger partial charge < -0.3 is 5.32 Å².